The largest absolute Gasteiger partial charge is 0.364 e. The highest BCUT2D eigenvalue weighted by Gasteiger charge is 2.50. The van der Waals surface area contributed by atoms with Crippen LogP contribution >= 0.6 is 12.4 Å². The summed E-state index contributed by atoms with van der Waals surface area (Å²) in [4.78, 5) is 43.3. The molecule has 1 aromatic carbocycles. The van der Waals surface area contributed by atoms with Gasteiger partial charge in [-0.1, -0.05) is 32.0 Å². The van der Waals surface area contributed by atoms with Crippen LogP contribution in [-0.4, -0.2) is 46.9 Å². The van der Waals surface area contributed by atoms with Gasteiger partial charge in [-0.15, -0.1) is 12.4 Å². The number of hydrogen-bond acceptors (Lipinski definition) is 5. The first-order chi connectivity index (χ1) is 14.7. The average molecular weight is 458 g/mol. The molecule has 170 valence electrons. The predicted molar refractivity (Wildman–Crippen MR) is 124 cm³/mol. The standard InChI is InChI=1S/C23H27N5O3.ClH/c1-13(2)23(21(30)26-22(31)27-23)17-7-5-16(6-8-17)20(29)28-11-18(12-28)25-19-15(4)9-14(3)10-24-19;/h5-10,13,18H,11-12H2,1-4H3,(H,24,25)(H2,26,27,30,31);1H. The molecule has 32 heavy (non-hydrogen) atoms. The lowest BCUT2D eigenvalue weighted by Crippen LogP contribution is -2.57. The number of halogens is 1. The molecule has 3 N–H and O–H groups in total. The molecule has 2 aliphatic heterocycles. The summed E-state index contributed by atoms with van der Waals surface area (Å²) in [7, 11) is 0. The van der Waals surface area contributed by atoms with Crippen LogP contribution in [0.15, 0.2) is 36.5 Å². The summed E-state index contributed by atoms with van der Waals surface area (Å²) in [6, 6.07) is 8.66. The zero-order valence-electron chi connectivity index (χ0n) is 18.6. The third-order valence-electron chi connectivity index (χ3n) is 6.07. The molecule has 1 aromatic heterocycles. The van der Waals surface area contributed by atoms with Crippen molar-refractivity contribution in [3.63, 3.8) is 0 Å². The second-order valence-corrected chi connectivity index (χ2v) is 8.68. The minimum atomic E-state index is -1.12. The van der Waals surface area contributed by atoms with Crippen molar-refractivity contribution < 1.29 is 14.4 Å². The molecule has 0 spiro atoms. The highest BCUT2D eigenvalue weighted by atomic mass is 35.5. The fourth-order valence-corrected chi connectivity index (χ4v) is 4.27. The van der Waals surface area contributed by atoms with E-state index in [-0.39, 0.29) is 36.2 Å². The summed E-state index contributed by atoms with van der Waals surface area (Å²) in [5.41, 5.74) is 2.29. The summed E-state index contributed by atoms with van der Waals surface area (Å²) in [6.07, 6.45) is 1.83. The predicted octanol–water partition coefficient (Wildman–Crippen LogP) is 2.75. The van der Waals surface area contributed by atoms with Crippen LogP contribution in [0, 0.1) is 19.8 Å². The Labute approximate surface area is 193 Å². The molecular weight excluding hydrogens is 430 g/mol. The van der Waals surface area contributed by atoms with Crippen LogP contribution in [0.5, 0.6) is 0 Å². The zero-order valence-corrected chi connectivity index (χ0v) is 19.4. The third kappa shape index (κ3) is 4.02. The molecule has 0 radical (unpaired) electrons. The Kier molecular flexibility index (Phi) is 6.46. The van der Waals surface area contributed by atoms with Crippen LogP contribution in [0.3, 0.4) is 0 Å². The molecular formula is C23H28ClN5O3. The van der Waals surface area contributed by atoms with Crippen molar-refractivity contribution in [3.05, 3.63) is 58.8 Å². The van der Waals surface area contributed by atoms with Crippen molar-refractivity contribution >= 4 is 36.1 Å². The van der Waals surface area contributed by atoms with E-state index < -0.39 is 11.6 Å². The van der Waals surface area contributed by atoms with E-state index in [0.717, 1.165) is 16.9 Å². The van der Waals surface area contributed by atoms with Gasteiger partial charge in [-0.25, -0.2) is 9.78 Å². The molecule has 2 aromatic rings. The van der Waals surface area contributed by atoms with Crippen molar-refractivity contribution in [2.75, 3.05) is 18.4 Å². The number of imide groups is 1. The van der Waals surface area contributed by atoms with E-state index in [1.165, 1.54) is 0 Å². The van der Waals surface area contributed by atoms with E-state index in [1.54, 1.807) is 29.2 Å². The van der Waals surface area contributed by atoms with Gasteiger partial charge in [-0.3, -0.25) is 14.9 Å². The van der Waals surface area contributed by atoms with Crippen molar-refractivity contribution in [2.24, 2.45) is 5.92 Å². The number of carbonyl (C=O) groups is 3. The van der Waals surface area contributed by atoms with Gasteiger partial charge >= 0.3 is 6.03 Å². The molecule has 0 bridgehead atoms. The fraction of sp³-hybridized carbons (Fsp3) is 0.391. The highest BCUT2D eigenvalue weighted by Crippen LogP contribution is 2.33. The normalized spacial score (nSPS) is 20.3. The van der Waals surface area contributed by atoms with Gasteiger partial charge in [0.05, 0.1) is 6.04 Å². The van der Waals surface area contributed by atoms with Crippen molar-refractivity contribution in [3.8, 4) is 0 Å². The van der Waals surface area contributed by atoms with Crippen LogP contribution in [0.25, 0.3) is 0 Å². The van der Waals surface area contributed by atoms with Gasteiger partial charge in [-0.05, 0) is 48.6 Å². The summed E-state index contributed by atoms with van der Waals surface area (Å²) < 4.78 is 0. The molecule has 9 heteroatoms. The summed E-state index contributed by atoms with van der Waals surface area (Å²) in [6.45, 7) is 8.98. The van der Waals surface area contributed by atoms with E-state index in [4.69, 9.17) is 0 Å². The number of aromatic nitrogens is 1. The van der Waals surface area contributed by atoms with Crippen LogP contribution in [0.1, 0.15) is 40.9 Å². The number of carbonyl (C=O) groups excluding carboxylic acids is 3. The topological polar surface area (TPSA) is 103 Å². The summed E-state index contributed by atoms with van der Waals surface area (Å²) >= 11 is 0. The van der Waals surface area contributed by atoms with E-state index >= 15 is 0 Å². The number of amides is 4. The summed E-state index contributed by atoms with van der Waals surface area (Å²) in [5.74, 6) is 0.268. The number of rotatable bonds is 5. The number of hydrogen-bond donors (Lipinski definition) is 3. The average Bonchev–Trinajstić information content (AvgIpc) is 3.00. The van der Waals surface area contributed by atoms with Gasteiger partial charge in [0.25, 0.3) is 11.8 Å². The minimum Gasteiger partial charge on any atom is -0.364 e. The van der Waals surface area contributed by atoms with E-state index in [1.807, 2.05) is 33.9 Å². The number of pyridine rings is 1. The Morgan fingerprint density at radius 1 is 1.19 bits per heavy atom. The first-order valence-corrected chi connectivity index (χ1v) is 10.4. The Bertz CT molecular complexity index is 1050. The van der Waals surface area contributed by atoms with Gasteiger partial charge in [0.15, 0.2) is 0 Å². The van der Waals surface area contributed by atoms with Crippen LogP contribution in [-0.2, 0) is 10.3 Å². The molecule has 1 unspecified atom stereocenters. The SMILES string of the molecule is Cc1cnc(NC2CN(C(=O)c3ccc(C4(C(C)C)NC(=O)NC4=O)cc3)C2)c(C)c1.Cl. The Morgan fingerprint density at radius 2 is 1.84 bits per heavy atom. The van der Waals surface area contributed by atoms with Gasteiger partial charge in [0, 0.05) is 24.8 Å². The van der Waals surface area contributed by atoms with Crippen LogP contribution in [0.4, 0.5) is 10.6 Å². The number of urea groups is 1. The molecule has 3 heterocycles. The molecule has 1 atom stereocenters. The monoisotopic (exact) mass is 457 g/mol. The smallest absolute Gasteiger partial charge is 0.322 e. The van der Waals surface area contributed by atoms with Crippen LogP contribution < -0.4 is 16.0 Å². The van der Waals surface area contributed by atoms with Gasteiger partial charge in [0.1, 0.15) is 11.4 Å². The van der Waals surface area contributed by atoms with Gasteiger partial charge < -0.3 is 15.5 Å². The second kappa shape index (κ2) is 8.78. The maximum atomic E-state index is 12.8. The lowest BCUT2D eigenvalue weighted by molar-refractivity contribution is -0.125. The van der Waals surface area contributed by atoms with Gasteiger partial charge in [-0.2, -0.15) is 0 Å². The number of likely N-dealkylation sites (tertiary alicyclic amines) is 1. The maximum absolute atomic E-state index is 12.8. The highest BCUT2D eigenvalue weighted by molar-refractivity contribution is 6.07. The number of nitrogens with zero attached hydrogens (tertiary/aromatic N) is 2. The first-order valence-electron chi connectivity index (χ1n) is 10.4. The van der Waals surface area contributed by atoms with E-state index in [9.17, 15) is 14.4 Å². The number of aryl methyl sites for hydroxylation is 2. The van der Waals surface area contributed by atoms with Crippen molar-refractivity contribution in [1.29, 1.82) is 0 Å². The Morgan fingerprint density at radius 3 is 2.38 bits per heavy atom. The fourth-order valence-electron chi connectivity index (χ4n) is 4.27. The summed E-state index contributed by atoms with van der Waals surface area (Å²) in [5, 5.41) is 8.46. The second-order valence-electron chi connectivity index (χ2n) is 8.68. The molecule has 0 saturated carbocycles. The number of benzene rings is 1. The Hall–Kier alpha value is -3.13. The van der Waals surface area contributed by atoms with E-state index in [0.29, 0.717) is 24.2 Å². The Balaban J connectivity index is 0.00000289. The molecule has 2 aliphatic rings. The van der Waals surface area contributed by atoms with Crippen molar-refractivity contribution in [2.45, 2.75) is 39.3 Å². The molecule has 2 saturated heterocycles. The number of anilines is 1. The van der Waals surface area contributed by atoms with E-state index in [2.05, 4.69) is 27.0 Å². The molecule has 4 rings (SSSR count). The first kappa shape index (κ1) is 23.5. The maximum Gasteiger partial charge on any atom is 0.322 e. The molecule has 8 nitrogen and oxygen atoms in total. The quantitative estimate of drug-likeness (QED) is 0.599. The molecule has 0 aliphatic carbocycles. The lowest BCUT2D eigenvalue weighted by atomic mass is 9.79. The minimum absolute atomic E-state index is 0. The number of nitrogens with one attached hydrogen (secondary N) is 3. The van der Waals surface area contributed by atoms with Crippen LogP contribution in [0.2, 0.25) is 0 Å². The van der Waals surface area contributed by atoms with Gasteiger partial charge in [0.2, 0.25) is 0 Å². The molecule has 2 fully saturated rings. The zero-order chi connectivity index (χ0) is 22.3. The van der Waals surface area contributed by atoms with Crippen molar-refractivity contribution in [1.82, 2.24) is 20.5 Å². The lowest BCUT2D eigenvalue weighted by Gasteiger charge is -2.40. The molecule has 4 amide bonds. The third-order valence-corrected chi connectivity index (χ3v) is 6.07.